The largest absolute Gasteiger partial charge is 0.366 e. The van der Waals surface area contributed by atoms with Crippen molar-refractivity contribution in [2.75, 3.05) is 14.1 Å². The van der Waals surface area contributed by atoms with Crippen molar-refractivity contribution in [3.63, 3.8) is 0 Å². The van der Waals surface area contributed by atoms with Gasteiger partial charge in [-0.3, -0.25) is 0 Å². The van der Waals surface area contributed by atoms with Crippen LogP contribution < -0.4 is 0 Å². The molecule has 0 atom stereocenters. The van der Waals surface area contributed by atoms with Gasteiger partial charge in [0.05, 0.1) is 11.9 Å². The first-order chi connectivity index (χ1) is 7.54. The summed E-state index contributed by atoms with van der Waals surface area (Å²) in [5.74, 6) is 1.56. The molecule has 0 amide bonds. The van der Waals surface area contributed by atoms with Crippen LogP contribution in [0.25, 0.3) is 0 Å². The SMILES string of the molecule is CCCc1nc(Cl)cnc1N=C(C)N(C)C. The van der Waals surface area contributed by atoms with Crippen LogP contribution in [0.1, 0.15) is 26.0 Å². The number of rotatable bonds is 3. The summed E-state index contributed by atoms with van der Waals surface area (Å²) >= 11 is 5.82. The van der Waals surface area contributed by atoms with E-state index in [0.717, 1.165) is 24.4 Å². The van der Waals surface area contributed by atoms with Gasteiger partial charge in [-0.25, -0.2) is 15.0 Å². The van der Waals surface area contributed by atoms with Crippen LogP contribution in [0.3, 0.4) is 0 Å². The fraction of sp³-hybridized carbons (Fsp3) is 0.545. The van der Waals surface area contributed by atoms with Crippen LogP contribution in [0.5, 0.6) is 0 Å². The number of amidine groups is 1. The Balaban J connectivity index is 3.07. The average Bonchev–Trinajstić information content (AvgIpc) is 2.22. The molecule has 1 rings (SSSR count). The van der Waals surface area contributed by atoms with Gasteiger partial charge in [0.2, 0.25) is 0 Å². The fourth-order valence-electron chi connectivity index (χ4n) is 1.15. The summed E-state index contributed by atoms with van der Waals surface area (Å²) in [5, 5.41) is 0.421. The number of aliphatic imine (C=N–C) groups is 1. The highest BCUT2D eigenvalue weighted by molar-refractivity contribution is 6.29. The highest BCUT2D eigenvalue weighted by Crippen LogP contribution is 2.18. The maximum absolute atomic E-state index is 5.82. The van der Waals surface area contributed by atoms with Gasteiger partial charge in [0.15, 0.2) is 5.82 Å². The topological polar surface area (TPSA) is 41.4 Å². The minimum absolute atomic E-state index is 0.421. The Bertz CT molecular complexity index is 388. The van der Waals surface area contributed by atoms with E-state index in [-0.39, 0.29) is 0 Å². The predicted molar refractivity (Wildman–Crippen MR) is 67.5 cm³/mol. The average molecular weight is 241 g/mol. The molecule has 0 spiro atoms. The zero-order chi connectivity index (χ0) is 12.1. The maximum Gasteiger partial charge on any atom is 0.175 e. The summed E-state index contributed by atoms with van der Waals surface area (Å²) in [5.41, 5.74) is 0.858. The van der Waals surface area contributed by atoms with E-state index >= 15 is 0 Å². The molecule has 0 unspecified atom stereocenters. The number of aryl methyl sites for hydroxylation is 1. The van der Waals surface area contributed by atoms with Gasteiger partial charge in [-0.15, -0.1) is 0 Å². The van der Waals surface area contributed by atoms with E-state index in [1.54, 1.807) is 0 Å². The minimum Gasteiger partial charge on any atom is -0.366 e. The van der Waals surface area contributed by atoms with Gasteiger partial charge in [-0.2, -0.15) is 0 Å². The summed E-state index contributed by atoms with van der Waals surface area (Å²) in [7, 11) is 3.89. The van der Waals surface area contributed by atoms with Crippen LogP contribution in [0, 0.1) is 0 Å². The first kappa shape index (κ1) is 12.9. The Hall–Kier alpha value is -1.16. The van der Waals surface area contributed by atoms with Gasteiger partial charge in [-0.1, -0.05) is 24.9 Å². The van der Waals surface area contributed by atoms with Crippen molar-refractivity contribution in [1.82, 2.24) is 14.9 Å². The second-order valence-corrected chi connectivity index (χ2v) is 4.15. The Morgan fingerprint density at radius 2 is 2.19 bits per heavy atom. The summed E-state index contributed by atoms with van der Waals surface area (Å²) in [6.45, 7) is 4.03. The fourth-order valence-corrected chi connectivity index (χ4v) is 1.30. The summed E-state index contributed by atoms with van der Waals surface area (Å²) in [4.78, 5) is 14.8. The first-order valence-corrected chi connectivity index (χ1v) is 5.66. The normalized spacial score (nSPS) is 11.7. The van der Waals surface area contributed by atoms with Gasteiger partial charge in [0.25, 0.3) is 0 Å². The van der Waals surface area contributed by atoms with Crippen molar-refractivity contribution < 1.29 is 0 Å². The monoisotopic (exact) mass is 240 g/mol. The zero-order valence-corrected chi connectivity index (χ0v) is 10.9. The van der Waals surface area contributed by atoms with Crippen LogP contribution in [0.4, 0.5) is 5.82 Å². The lowest BCUT2D eigenvalue weighted by Crippen LogP contribution is -2.18. The van der Waals surface area contributed by atoms with Gasteiger partial charge in [0, 0.05) is 14.1 Å². The molecule has 4 nitrogen and oxygen atoms in total. The second kappa shape index (κ2) is 5.80. The van der Waals surface area contributed by atoms with Crippen LogP contribution in [-0.2, 0) is 6.42 Å². The molecule has 0 saturated heterocycles. The molecule has 0 aliphatic carbocycles. The molecule has 0 aliphatic rings. The molecule has 0 saturated carbocycles. The van der Waals surface area contributed by atoms with Crippen molar-refractivity contribution in [2.45, 2.75) is 26.7 Å². The van der Waals surface area contributed by atoms with Gasteiger partial charge in [-0.05, 0) is 13.3 Å². The molecule has 0 radical (unpaired) electrons. The highest BCUT2D eigenvalue weighted by Gasteiger charge is 2.06. The van der Waals surface area contributed by atoms with Crippen LogP contribution in [-0.4, -0.2) is 34.8 Å². The van der Waals surface area contributed by atoms with Gasteiger partial charge in [0.1, 0.15) is 11.0 Å². The molecule has 0 N–H and O–H groups in total. The lowest BCUT2D eigenvalue weighted by atomic mass is 10.2. The lowest BCUT2D eigenvalue weighted by molar-refractivity contribution is 0.618. The smallest absolute Gasteiger partial charge is 0.175 e. The third-order valence-electron chi connectivity index (χ3n) is 2.19. The molecule has 1 heterocycles. The molecular formula is C11H17ClN4. The van der Waals surface area contributed by atoms with Crippen LogP contribution in [0.2, 0.25) is 5.15 Å². The molecule has 1 aromatic rings. The van der Waals surface area contributed by atoms with E-state index < -0.39 is 0 Å². The number of hydrogen-bond acceptors (Lipinski definition) is 3. The second-order valence-electron chi connectivity index (χ2n) is 3.77. The van der Waals surface area contributed by atoms with Crippen LogP contribution in [0.15, 0.2) is 11.2 Å². The minimum atomic E-state index is 0.421. The van der Waals surface area contributed by atoms with E-state index in [0.29, 0.717) is 11.0 Å². The van der Waals surface area contributed by atoms with E-state index in [1.165, 1.54) is 6.20 Å². The lowest BCUT2D eigenvalue weighted by Gasteiger charge is -2.11. The molecule has 1 aromatic heterocycles. The third kappa shape index (κ3) is 3.45. The van der Waals surface area contributed by atoms with Crippen molar-refractivity contribution in [3.05, 3.63) is 17.0 Å². The Morgan fingerprint density at radius 3 is 2.75 bits per heavy atom. The Morgan fingerprint density at radius 1 is 1.50 bits per heavy atom. The van der Waals surface area contributed by atoms with Gasteiger partial charge < -0.3 is 4.90 Å². The van der Waals surface area contributed by atoms with E-state index in [9.17, 15) is 0 Å². The molecule has 5 heteroatoms. The van der Waals surface area contributed by atoms with Crippen LogP contribution >= 0.6 is 11.6 Å². The molecule has 0 aliphatic heterocycles. The van der Waals surface area contributed by atoms with Crippen molar-refractivity contribution >= 4 is 23.3 Å². The molecular weight excluding hydrogens is 224 g/mol. The summed E-state index contributed by atoms with van der Waals surface area (Å²) < 4.78 is 0. The summed E-state index contributed by atoms with van der Waals surface area (Å²) in [6.07, 6.45) is 3.37. The zero-order valence-electron chi connectivity index (χ0n) is 10.2. The van der Waals surface area contributed by atoms with Crippen molar-refractivity contribution in [3.8, 4) is 0 Å². The Labute approximate surface area is 101 Å². The number of nitrogens with zero attached hydrogens (tertiary/aromatic N) is 4. The first-order valence-electron chi connectivity index (χ1n) is 5.28. The van der Waals surface area contributed by atoms with Crippen molar-refractivity contribution in [1.29, 1.82) is 0 Å². The molecule has 0 fully saturated rings. The molecule has 0 bridgehead atoms. The van der Waals surface area contributed by atoms with E-state index in [4.69, 9.17) is 11.6 Å². The van der Waals surface area contributed by atoms with E-state index in [2.05, 4.69) is 21.9 Å². The van der Waals surface area contributed by atoms with Gasteiger partial charge >= 0.3 is 0 Å². The Kier molecular flexibility index (Phi) is 4.68. The maximum atomic E-state index is 5.82. The van der Waals surface area contributed by atoms with E-state index in [1.807, 2.05) is 25.9 Å². The molecule has 16 heavy (non-hydrogen) atoms. The molecule has 88 valence electrons. The third-order valence-corrected chi connectivity index (χ3v) is 2.38. The highest BCUT2D eigenvalue weighted by atomic mass is 35.5. The summed E-state index contributed by atoms with van der Waals surface area (Å²) in [6, 6.07) is 0. The number of hydrogen-bond donors (Lipinski definition) is 0. The quantitative estimate of drug-likeness (QED) is 0.603. The van der Waals surface area contributed by atoms with Crippen molar-refractivity contribution in [2.24, 2.45) is 4.99 Å². The predicted octanol–water partition coefficient (Wildman–Crippen LogP) is 2.69. The standard InChI is InChI=1S/C11H17ClN4/c1-5-6-9-11(13-7-10(12)15-9)14-8(2)16(3)4/h7H,5-6H2,1-4H3. The number of aromatic nitrogens is 2. The molecule has 0 aromatic carbocycles. The number of halogens is 1.